The van der Waals surface area contributed by atoms with Crippen LogP contribution in [0.15, 0.2) is 0 Å². The lowest BCUT2D eigenvalue weighted by molar-refractivity contribution is -0.0787. The molecular weight excluding hydrogens is 187 g/mol. The van der Waals surface area contributed by atoms with Gasteiger partial charge < -0.3 is 15.4 Å². The maximum atomic E-state index is 5.11. The van der Waals surface area contributed by atoms with Crippen molar-refractivity contribution in [1.82, 2.24) is 10.6 Å². The molecule has 2 rings (SSSR count). The fourth-order valence-corrected chi connectivity index (χ4v) is 1.36. The SMILES string of the molecule is C1CNC2(CN1)COC2.Cl.Cl. The van der Waals surface area contributed by atoms with Crippen LogP contribution in [0, 0.1) is 0 Å². The monoisotopic (exact) mass is 200 g/mol. The Hall–Kier alpha value is 0.460. The van der Waals surface area contributed by atoms with E-state index in [9.17, 15) is 0 Å². The first kappa shape index (κ1) is 11.5. The van der Waals surface area contributed by atoms with Gasteiger partial charge in [-0.25, -0.2) is 0 Å². The lowest BCUT2D eigenvalue weighted by atomic mass is 9.96. The molecule has 68 valence electrons. The average molecular weight is 201 g/mol. The second-order valence-electron chi connectivity index (χ2n) is 2.88. The van der Waals surface area contributed by atoms with E-state index >= 15 is 0 Å². The van der Waals surface area contributed by atoms with Gasteiger partial charge in [0.05, 0.1) is 18.8 Å². The number of rotatable bonds is 0. The van der Waals surface area contributed by atoms with E-state index in [-0.39, 0.29) is 24.8 Å². The number of piperazine rings is 1. The quantitative estimate of drug-likeness (QED) is 0.569. The zero-order chi connectivity index (χ0) is 6.16. The van der Waals surface area contributed by atoms with Gasteiger partial charge in [0, 0.05) is 19.6 Å². The number of hydrogen-bond donors (Lipinski definition) is 2. The first-order valence-electron chi connectivity index (χ1n) is 3.45. The van der Waals surface area contributed by atoms with E-state index in [1.54, 1.807) is 0 Å². The van der Waals surface area contributed by atoms with Gasteiger partial charge in [-0.2, -0.15) is 0 Å². The van der Waals surface area contributed by atoms with Gasteiger partial charge in [0.25, 0.3) is 0 Å². The first-order valence-corrected chi connectivity index (χ1v) is 3.45. The van der Waals surface area contributed by atoms with Gasteiger partial charge in [-0.15, -0.1) is 24.8 Å². The minimum Gasteiger partial charge on any atom is -0.377 e. The van der Waals surface area contributed by atoms with Gasteiger partial charge >= 0.3 is 0 Å². The highest BCUT2D eigenvalue weighted by atomic mass is 35.5. The molecule has 0 atom stereocenters. The van der Waals surface area contributed by atoms with Crippen LogP contribution in [0.5, 0.6) is 0 Å². The molecule has 0 amide bonds. The molecule has 0 radical (unpaired) electrons. The second kappa shape index (κ2) is 4.48. The molecule has 3 nitrogen and oxygen atoms in total. The Labute approximate surface area is 79.1 Å². The zero-order valence-corrected chi connectivity index (χ0v) is 7.89. The molecule has 0 unspecified atom stereocenters. The van der Waals surface area contributed by atoms with E-state index < -0.39 is 0 Å². The highest BCUT2D eigenvalue weighted by molar-refractivity contribution is 5.85. The molecule has 2 aliphatic rings. The number of hydrogen-bond acceptors (Lipinski definition) is 3. The van der Waals surface area contributed by atoms with Crippen molar-refractivity contribution < 1.29 is 4.74 Å². The van der Waals surface area contributed by atoms with Crippen LogP contribution in [-0.4, -0.2) is 38.4 Å². The molecule has 0 aromatic rings. The fourth-order valence-electron chi connectivity index (χ4n) is 1.36. The Morgan fingerprint density at radius 3 is 2.09 bits per heavy atom. The van der Waals surface area contributed by atoms with Gasteiger partial charge in [0.15, 0.2) is 0 Å². The van der Waals surface area contributed by atoms with Crippen molar-refractivity contribution in [3.05, 3.63) is 0 Å². The molecule has 2 aliphatic heterocycles. The van der Waals surface area contributed by atoms with Crippen LogP contribution in [0.1, 0.15) is 0 Å². The van der Waals surface area contributed by atoms with Crippen LogP contribution in [0.4, 0.5) is 0 Å². The van der Waals surface area contributed by atoms with Gasteiger partial charge in [-0.05, 0) is 0 Å². The Morgan fingerprint density at radius 1 is 1.09 bits per heavy atom. The zero-order valence-electron chi connectivity index (χ0n) is 6.26. The van der Waals surface area contributed by atoms with Crippen molar-refractivity contribution >= 4 is 24.8 Å². The van der Waals surface area contributed by atoms with Crippen LogP contribution in [0.25, 0.3) is 0 Å². The van der Waals surface area contributed by atoms with E-state index in [1.807, 2.05) is 0 Å². The van der Waals surface area contributed by atoms with Crippen molar-refractivity contribution in [3.8, 4) is 0 Å². The first-order chi connectivity index (χ1) is 4.41. The lowest BCUT2D eigenvalue weighted by Crippen LogP contribution is -2.69. The lowest BCUT2D eigenvalue weighted by Gasteiger charge is -2.45. The standard InChI is InChI=1S/C6H12N2O.2ClH/c1-2-8-6(3-7-1)4-9-5-6;;/h7-8H,1-5H2;2*1H. The molecule has 0 saturated carbocycles. The summed E-state index contributed by atoms with van der Waals surface area (Å²) in [5.41, 5.74) is 0.318. The van der Waals surface area contributed by atoms with Gasteiger partial charge in [-0.1, -0.05) is 0 Å². The molecule has 2 N–H and O–H groups in total. The summed E-state index contributed by atoms with van der Waals surface area (Å²) >= 11 is 0. The minimum absolute atomic E-state index is 0. The Kier molecular flexibility index (Phi) is 4.66. The highest BCUT2D eigenvalue weighted by Gasteiger charge is 2.38. The number of ether oxygens (including phenoxy) is 1. The number of nitrogens with one attached hydrogen (secondary N) is 2. The summed E-state index contributed by atoms with van der Waals surface area (Å²) in [5, 5.41) is 6.78. The normalized spacial score (nSPS) is 26.2. The van der Waals surface area contributed by atoms with E-state index in [0.29, 0.717) is 5.54 Å². The fraction of sp³-hybridized carbons (Fsp3) is 1.00. The smallest absolute Gasteiger partial charge is 0.0780 e. The molecule has 0 bridgehead atoms. The molecule has 5 heteroatoms. The van der Waals surface area contributed by atoms with E-state index in [2.05, 4.69) is 10.6 Å². The van der Waals surface area contributed by atoms with Crippen molar-refractivity contribution in [2.45, 2.75) is 5.54 Å². The third-order valence-corrected chi connectivity index (χ3v) is 2.02. The second-order valence-corrected chi connectivity index (χ2v) is 2.88. The van der Waals surface area contributed by atoms with E-state index in [4.69, 9.17) is 4.74 Å². The third kappa shape index (κ3) is 2.20. The largest absolute Gasteiger partial charge is 0.377 e. The topological polar surface area (TPSA) is 33.3 Å². The summed E-state index contributed by atoms with van der Waals surface area (Å²) in [6.07, 6.45) is 0. The number of halogens is 2. The molecule has 1 spiro atoms. The van der Waals surface area contributed by atoms with Crippen molar-refractivity contribution in [2.75, 3.05) is 32.8 Å². The summed E-state index contributed by atoms with van der Waals surface area (Å²) in [5.74, 6) is 0. The Balaban J connectivity index is 0.000000500. The third-order valence-electron chi connectivity index (χ3n) is 2.02. The maximum absolute atomic E-state index is 5.11. The van der Waals surface area contributed by atoms with Gasteiger partial charge in [0.1, 0.15) is 0 Å². The van der Waals surface area contributed by atoms with Crippen molar-refractivity contribution in [3.63, 3.8) is 0 Å². The van der Waals surface area contributed by atoms with Crippen LogP contribution in [0.2, 0.25) is 0 Å². The average Bonchev–Trinajstić information content (AvgIpc) is 1.87. The molecule has 2 fully saturated rings. The van der Waals surface area contributed by atoms with Crippen LogP contribution in [-0.2, 0) is 4.74 Å². The molecule has 0 aromatic carbocycles. The predicted molar refractivity (Wildman–Crippen MR) is 48.9 cm³/mol. The highest BCUT2D eigenvalue weighted by Crippen LogP contribution is 2.16. The molecule has 2 heterocycles. The molecular formula is C6H14Cl2N2O. The van der Waals surface area contributed by atoms with Crippen molar-refractivity contribution in [1.29, 1.82) is 0 Å². The minimum atomic E-state index is 0. The summed E-state index contributed by atoms with van der Waals surface area (Å²) < 4.78 is 5.11. The molecule has 0 aliphatic carbocycles. The van der Waals surface area contributed by atoms with Crippen LogP contribution in [0.3, 0.4) is 0 Å². The maximum Gasteiger partial charge on any atom is 0.0780 e. The van der Waals surface area contributed by atoms with Crippen molar-refractivity contribution in [2.24, 2.45) is 0 Å². The molecule has 0 aromatic heterocycles. The Morgan fingerprint density at radius 2 is 1.82 bits per heavy atom. The summed E-state index contributed by atoms with van der Waals surface area (Å²) in [6.45, 7) is 5.04. The van der Waals surface area contributed by atoms with Gasteiger partial charge in [-0.3, -0.25) is 0 Å². The predicted octanol–water partition coefficient (Wildman–Crippen LogP) is -0.208. The molecule has 2 saturated heterocycles. The summed E-state index contributed by atoms with van der Waals surface area (Å²) in [4.78, 5) is 0. The van der Waals surface area contributed by atoms with Crippen LogP contribution < -0.4 is 10.6 Å². The van der Waals surface area contributed by atoms with E-state index in [0.717, 1.165) is 32.8 Å². The van der Waals surface area contributed by atoms with Gasteiger partial charge in [0.2, 0.25) is 0 Å². The Bertz CT molecular complexity index is 111. The summed E-state index contributed by atoms with van der Waals surface area (Å²) in [7, 11) is 0. The summed E-state index contributed by atoms with van der Waals surface area (Å²) in [6, 6.07) is 0. The molecule has 11 heavy (non-hydrogen) atoms. The van der Waals surface area contributed by atoms with Crippen LogP contribution >= 0.6 is 24.8 Å². The van der Waals surface area contributed by atoms with E-state index in [1.165, 1.54) is 0 Å².